The quantitative estimate of drug-likeness (QED) is 0.656. The summed E-state index contributed by atoms with van der Waals surface area (Å²) in [5.74, 6) is -0.728. The Hall–Kier alpha value is -2.25. The first-order valence-electron chi connectivity index (χ1n) is 10.3. The van der Waals surface area contributed by atoms with Gasteiger partial charge in [0.1, 0.15) is 6.04 Å². The summed E-state index contributed by atoms with van der Waals surface area (Å²) in [5.41, 5.74) is 2.96. The van der Waals surface area contributed by atoms with E-state index in [9.17, 15) is 14.4 Å². The highest BCUT2D eigenvalue weighted by Crippen LogP contribution is 2.42. The Kier molecular flexibility index (Phi) is 4.25. The summed E-state index contributed by atoms with van der Waals surface area (Å²) in [5, 5.41) is 9.69. The Labute approximate surface area is 164 Å². The maximum Gasteiger partial charge on any atom is 0.255 e. The predicted octanol–water partition coefficient (Wildman–Crippen LogP) is 0.822. The second kappa shape index (κ2) is 6.67. The van der Waals surface area contributed by atoms with Crippen molar-refractivity contribution in [3.63, 3.8) is 0 Å². The summed E-state index contributed by atoms with van der Waals surface area (Å²) in [7, 11) is 0. The van der Waals surface area contributed by atoms with E-state index in [-0.39, 0.29) is 29.7 Å². The molecule has 0 bridgehead atoms. The topological polar surface area (TPSA) is 90.5 Å². The molecule has 2 saturated heterocycles. The fraction of sp³-hybridized carbons (Fsp3) is 0.571. The molecule has 2 atom stereocenters. The highest BCUT2D eigenvalue weighted by atomic mass is 16.2. The van der Waals surface area contributed by atoms with E-state index in [4.69, 9.17) is 0 Å². The van der Waals surface area contributed by atoms with Crippen molar-refractivity contribution >= 4 is 17.7 Å². The standard InChI is InChI=1S/C21H26N4O3/c26-18-6-5-16(19(27)24-18)25-12-14-4-3-13(10-15(14)20(25)28)11-23-21(7-8-21)17-2-1-9-22-17/h3-4,10,16-17,22-23H,1-2,5-9,11-12H2,(H,24,26,27). The number of carbonyl (C=O) groups is 3. The normalized spacial score (nSPS) is 28.4. The summed E-state index contributed by atoms with van der Waals surface area (Å²) in [6.07, 6.45) is 5.57. The predicted molar refractivity (Wildman–Crippen MR) is 102 cm³/mol. The number of rotatable bonds is 5. The Morgan fingerprint density at radius 2 is 2.04 bits per heavy atom. The molecule has 2 unspecified atom stereocenters. The highest BCUT2D eigenvalue weighted by Gasteiger charge is 2.49. The van der Waals surface area contributed by atoms with Crippen LogP contribution in [0.4, 0.5) is 0 Å². The number of fused-ring (bicyclic) bond motifs is 1. The van der Waals surface area contributed by atoms with Crippen molar-refractivity contribution in [2.45, 2.75) is 69.2 Å². The van der Waals surface area contributed by atoms with E-state index in [1.54, 1.807) is 4.90 Å². The van der Waals surface area contributed by atoms with Crippen LogP contribution in [0.15, 0.2) is 18.2 Å². The Morgan fingerprint density at radius 1 is 1.18 bits per heavy atom. The minimum atomic E-state index is -0.553. The second-order valence-electron chi connectivity index (χ2n) is 8.55. The van der Waals surface area contributed by atoms with Crippen LogP contribution < -0.4 is 16.0 Å². The molecule has 3 heterocycles. The van der Waals surface area contributed by atoms with Crippen molar-refractivity contribution in [3.8, 4) is 0 Å². The van der Waals surface area contributed by atoms with E-state index < -0.39 is 6.04 Å². The number of hydrogen-bond acceptors (Lipinski definition) is 5. The van der Waals surface area contributed by atoms with Crippen LogP contribution in [0.3, 0.4) is 0 Å². The third kappa shape index (κ3) is 3.02. The average Bonchev–Trinajstić information content (AvgIpc) is 3.12. The second-order valence-corrected chi connectivity index (χ2v) is 8.55. The molecule has 3 N–H and O–H groups in total. The van der Waals surface area contributed by atoms with E-state index >= 15 is 0 Å². The molecule has 0 aromatic heterocycles. The first-order valence-corrected chi connectivity index (χ1v) is 10.3. The van der Waals surface area contributed by atoms with Gasteiger partial charge in [-0.1, -0.05) is 12.1 Å². The van der Waals surface area contributed by atoms with Crippen LogP contribution in [0, 0.1) is 0 Å². The number of imide groups is 1. The van der Waals surface area contributed by atoms with Crippen LogP contribution in [0.2, 0.25) is 0 Å². The van der Waals surface area contributed by atoms with Gasteiger partial charge in [0.25, 0.3) is 5.91 Å². The fourth-order valence-corrected chi connectivity index (χ4v) is 4.93. The molecular weight excluding hydrogens is 356 g/mol. The van der Waals surface area contributed by atoms with Crippen molar-refractivity contribution in [2.24, 2.45) is 0 Å². The average molecular weight is 382 g/mol. The largest absolute Gasteiger partial charge is 0.322 e. The number of benzene rings is 1. The zero-order valence-electron chi connectivity index (χ0n) is 15.9. The molecule has 0 radical (unpaired) electrons. The molecule has 0 spiro atoms. The van der Waals surface area contributed by atoms with Crippen LogP contribution in [0.25, 0.3) is 0 Å². The molecule has 7 heteroatoms. The summed E-state index contributed by atoms with van der Waals surface area (Å²) < 4.78 is 0. The minimum absolute atomic E-state index is 0.107. The molecule has 28 heavy (non-hydrogen) atoms. The van der Waals surface area contributed by atoms with Crippen molar-refractivity contribution in [3.05, 3.63) is 34.9 Å². The molecule has 3 amide bonds. The molecule has 1 aliphatic carbocycles. The third-order valence-electron chi connectivity index (χ3n) is 6.75. The molecule has 5 rings (SSSR count). The molecule has 7 nitrogen and oxygen atoms in total. The summed E-state index contributed by atoms with van der Waals surface area (Å²) in [6.45, 7) is 2.29. The lowest BCUT2D eigenvalue weighted by atomic mass is 10.0. The smallest absolute Gasteiger partial charge is 0.255 e. The zero-order chi connectivity index (χ0) is 19.3. The van der Waals surface area contributed by atoms with Crippen molar-refractivity contribution in [2.75, 3.05) is 6.54 Å². The number of carbonyl (C=O) groups excluding carboxylic acids is 3. The van der Waals surface area contributed by atoms with Gasteiger partial charge in [-0.2, -0.15) is 0 Å². The number of nitrogens with zero attached hydrogens (tertiary/aromatic N) is 1. The van der Waals surface area contributed by atoms with Gasteiger partial charge in [0, 0.05) is 36.7 Å². The van der Waals surface area contributed by atoms with E-state index in [1.807, 2.05) is 12.1 Å². The van der Waals surface area contributed by atoms with Crippen molar-refractivity contribution in [1.82, 2.24) is 20.9 Å². The van der Waals surface area contributed by atoms with Gasteiger partial charge >= 0.3 is 0 Å². The molecule has 3 aliphatic heterocycles. The van der Waals surface area contributed by atoms with E-state index in [1.165, 1.54) is 25.7 Å². The van der Waals surface area contributed by atoms with Gasteiger partial charge in [-0.05, 0) is 55.8 Å². The minimum Gasteiger partial charge on any atom is -0.322 e. The lowest BCUT2D eigenvalue weighted by Gasteiger charge is -2.29. The molecule has 1 aromatic carbocycles. The number of nitrogens with one attached hydrogen (secondary N) is 3. The van der Waals surface area contributed by atoms with E-state index in [0.29, 0.717) is 24.6 Å². The first-order chi connectivity index (χ1) is 13.6. The number of amides is 3. The zero-order valence-corrected chi connectivity index (χ0v) is 15.9. The molecule has 1 aromatic rings. The van der Waals surface area contributed by atoms with Gasteiger partial charge < -0.3 is 15.5 Å². The van der Waals surface area contributed by atoms with Crippen LogP contribution in [0.1, 0.15) is 60.0 Å². The molecule has 148 valence electrons. The van der Waals surface area contributed by atoms with Crippen LogP contribution >= 0.6 is 0 Å². The summed E-state index contributed by atoms with van der Waals surface area (Å²) in [4.78, 5) is 38.1. The number of hydrogen-bond donors (Lipinski definition) is 3. The lowest BCUT2D eigenvalue weighted by molar-refractivity contribution is -0.136. The van der Waals surface area contributed by atoms with Crippen LogP contribution in [-0.4, -0.2) is 46.8 Å². The summed E-state index contributed by atoms with van der Waals surface area (Å²) in [6, 6.07) is 6.05. The van der Waals surface area contributed by atoms with Gasteiger partial charge in [0.05, 0.1) is 0 Å². The molecule has 4 aliphatic rings. The SMILES string of the molecule is O=C1CCC(N2Cc3ccc(CNC4(C5CCCN5)CC4)cc3C2=O)C(=O)N1. The number of piperidine rings is 1. The maximum absolute atomic E-state index is 12.9. The van der Waals surface area contributed by atoms with Gasteiger partial charge in [-0.15, -0.1) is 0 Å². The van der Waals surface area contributed by atoms with Gasteiger partial charge in [0.2, 0.25) is 11.8 Å². The van der Waals surface area contributed by atoms with Gasteiger partial charge in [-0.3, -0.25) is 19.7 Å². The van der Waals surface area contributed by atoms with Crippen molar-refractivity contribution < 1.29 is 14.4 Å². The van der Waals surface area contributed by atoms with E-state index in [2.05, 4.69) is 22.0 Å². The van der Waals surface area contributed by atoms with Gasteiger partial charge in [-0.25, -0.2) is 0 Å². The molecule has 1 saturated carbocycles. The monoisotopic (exact) mass is 382 g/mol. The van der Waals surface area contributed by atoms with Crippen LogP contribution in [0.5, 0.6) is 0 Å². The summed E-state index contributed by atoms with van der Waals surface area (Å²) >= 11 is 0. The Morgan fingerprint density at radius 3 is 2.75 bits per heavy atom. The fourth-order valence-electron chi connectivity index (χ4n) is 4.93. The highest BCUT2D eigenvalue weighted by molar-refractivity contribution is 6.05. The lowest BCUT2D eigenvalue weighted by Crippen LogP contribution is -2.52. The van der Waals surface area contributed by atoms with Gasteiger partial charge in [0.15, 0.2) is 0 Å². The van der Waals surface area contributed by atoms with Crippen LogP contribution in [-0.2, 0) is 22.7 Å². The molecule has 3 fully saturated rings. The molecular formula is C21H26N4O3. The first kappa shape index (κ1) is 17.8. The Bertz CT molecular complexity index is 842. The maximum atomic E-state index is 12.9. The Balaban J connectivity index is 1.27. The van der Waals surface area contributed by atoms with E-state index in [0.717, 1.165) is 24.2 Å². The third-order valence-corrected chi connectivity index (χ3v) is 6.75. The van der Waals surface area contributed by atoms with Crippen molar-refractivity contribution in [1.29, 1.82) is 0 Å².